The second kappa shape index (κ2) is 7.98. The number of carbonyl (C=O) groups excluding carboxylic acids is 1. The van der Waals surface area contributed by atoms with E-state index in [1.165, 1.54) is 0 Å². The van der Waals surface area contributed by atoms with Gasteiger partial charge in [0.1, 0.15) is 5.75 Å². The van der Waals surface area contributed by atoms with Gasteiger partial charge in [-0.25, -0.2) is 5.43 Å². The van der Waals surface area contributed by atoms with Crippen molar-refractivity contribution in [1.29, 1.82) is 0 Å². The molecule has 0 aliphatic rings. The molecule has 0 spiro atoms. The lowest BCUT2D eigenvalue weighted by Gasteiger charge is -2.10. The van der Waals surface area contributed by atoms with E-state index in [1.54, 1.807) is 6.21 Å². The maximum atomic E-state index is 11.7. The smallest absolute Gasteiger partial charge is 0.277 e. The number of rotatable bonds is 6. The topological polar surface area (TPSA) is 50.7 Å². The number of nitrogens with zero attached hydrogens (tertiary/aromatic N) is 1. The average molecular weight is 296 g/mol. The van der Waals surface area contributed by atoms with E-state index in [1.807, 2.05) is 68.4 Å². The van der Waals surface area contributed by atoms with Crippen molar-refractivity contribution in [3.05, 3.63) is 54.6 Å². The number of hydrogen-bond donors (Lipinski definition) is 1. The van der Waals surface area contributed by atoms with Crippen LogP contribution in [0.1, 0.15) is 13.8 Å². The van der Waals surface area contributed by atoms with E-state index in [-0.39, 0.29) is 12.5 Å². The van der Waals surface area contributed by atoms with Gasteiger partial charge >= 0.3 is 0 Å². The molecule has 1 N–H and O–H groups in total. The van der Waals surface area contributed by atoms with Crippen molar-refractivity contribution < 1.29 is 9.53 Å². The largest absolute Gasteiger partial charge is 0.483 e. The number of benzene rings is 2. The minimum atomic E-state index is -0.278. The molecular weight excluding hydrogens is 276 g/mol. The quantitative estimate of drug-likeness (QED) is 0.655. The third-order valence-electron chi connectivity index (χ3n) is 2.89. The molecule has 4 nitrogen and oxygen atoms in total. The highest BCUT2D eigenvalue weighted by Crippen LogP contribution is 2.29. The maximum absolute atomic E-state index is 11.7. The van der Waals surface area contributed by atoms with Crippen molar-refractivity contribution in [2.45, 2.75) is 13.8 Å². The van der Waals surface area contributed by atoms with Gasteiger partial charge in [0, 0.05) is 11.8 Å². The van der Waals surface area contributed by atoms with Gasteiger partial charge in [0.25, 0.3) is 5.91 Å². The Morgan fingerprint density at radius 3 is 2.55 bits per heavy atom. The molecule has 0 bridgehead atoms. The molecule has 2 aromatic carbocycles. The number of ether oxygens (including phenoxy) is 1. The van der Waals surface area contributed by atoms with Gasteiger partial charge in [-0.1, -0.05) is 62.4 Å². The molecule has 2 rings (SSSR count). The van der Waals surface area contributed by atoms with Crippen LogP contribution in [0.25, 0.3) is 11.1 Å². The van der Waals surface area contributed by atoms with Crippen molar-refractivity contribution in [1.82, 2.24) is 5.43 Å². The number of nitrogens with one attached hydrogen (secondary N) is 1. The molecule has 1 amide bonds. The van der Waals surface area contributed by atoms with E-state index in [2.05, 4.69) is 10.5 Å². The number of hydrogen-bond acceptors (Lipinski definition) is 3. The van der Waals surface area contributed by atoms with E-state index in [0.29, 0.717) is 11.7 Å². The molecule has 114 valence electrons. The van der Waals surface area contributed by atoms with Crippen LogP contribution in [0.5, 0.6) is 5.75 Å². The van der Waals surface area contributed by atoms with E-state index >= 15 is 0 Å². The third-order valence-corrected chi connectivity index (χ3v) is 2.89. The number of hydrazone groups is 1. The Hall–Kier alpha value is -2.62. The van der Waals surface area contributed by atoms with Gasteiger partial charge in [0.15, 0.2) is 6.61 Å². The van der Waals surface area contributed by atoms with Crippen LogP contribution in [0.15, 0.2) is 59.7 Å². The number of amides is 1. The zero-order valence-electron chi connectivity index (χ0n) is 12.8. The van der Waals surface area contributed by atoms with Crippen LogP contribution in [0.2, 0.25) is 0 Å². The first-order valence-corrected chi connectivity index (χ1v) is 7.26. The highest BCUT2D eigenvalue weighted by Gasteiger charge is 2.07. The highest BCUT2D eigenvalue weighted by molar-refractivity contribution is 5.79. The summed E-state index contributed by atoms with van der Waals surface area (Å²) in [4.78, 5) is 11.7. The van der Waals surface area contributed by atoms with Crippen molar-refractivity contribution in [2.75, 3.05) is 6.61 Å². The molecule has 0 aliphatic heterocycles. The zero-order valence-corrected chi connectivity index (χ0v) is 12.8. The average Bonchev–Trinajstić information content (AvgIpc) is 2.54. The second-order valence-corrected chi connectivity index (χ2v) is 5.21. The maximum Gasteiger partial charge on any atom is 0.277 e. The Bertz CT molecular complexity index is 637. The third kappa shape index (κ3) is 4.74. The SMILES string of the molecule is CC(C)/C=N/NC(=O)COc1ccccc1-c1ccccc1. The molecule has 0 atom stereocenters. The van der Waals surface area contributed by atoms with Gasteiger partial charge in [-0.15, -0.1) is 0 Å². The lowest BCUT2D eigenvalue weighted by molar-refractivity contribution is -0.123. The summed E-state index contributed by atoms with van der Waals surface area (Å²) in [6.45, 7) is 3.91. The fourth-order valence-corrected chi connectivity index (χ4v) is 1.88. The summed E-state index contributed by atoms with van der Waals surface area (Å²) in [5, 5.41) is 3.86. The van der Waals surface area contributed by atoms with Crippen molar-refractivity contribution in [3.8, 4) is 16.9 Å². The summed E-state index contributed by atoms with van der Waals surface area (Å²) in [5.41, 5.74) is 4.46. The normalized spacial score (nSPS) is 10.9. The zero-order chi connectivity index (χ0) is 15.8. The minimum absolute atomic E-state index is 0.0702. The summed E-state index contributed by atoms with van der Waals surface area (Å²) in [7, 11) is 0. The van der Waals surface area contributed by atoms with Crippen LogP contribution in [0.3, 0.4) is 0 Å². The van der Waals surface area contributed by atoms with Gasteiger partial charge in [0.05, 0.1) is 0 Å². The summed E-state index contributed by atoms with van der Waals surface area (Å²) in [5.74, 6) is 0.691. The van der Waals surface area contributed by atoms with Crippen LogP contribution in [0.4, 0.5) is 0 Å². The molecule has 22 heavy (non-hydrogen) atoms. The molecule has 0 saturated carbocycles. The second-order valence-electron chi connectivity index (χ2n) is 5.21. The van der Waals surface area contributed by atoms with Crippen LogP contribution in [0, 0.1) is 5.92 Å². The van der Waals surface area contributed by atoms with Gasteiger partial charge in [-0.05, 0) is 17.5 Å². The Labute approximate surface area is 130 Å². The molecule has 0 fully saturated rings. The Morgan fingerprint density at radius 2 is 1.82 bits per heavy atom. The molecule has 0 heterocycles. The van der Waals surface area contributed by atoms with Gasteiger partial charge in [-0.2, -0.15) is 5.10 Å². The van der Waals surface area contributed by atoms with Crippen LogP contribution in [-0.4, -0.2) is 18.7 Å². The van der Waals surface area contributed by atoms with Crippen molar-refractivity contribution >= 4 is 12.1 Å². The Kier molecular flexibility index (Phi) is 5.72. The molecule has 2 aromatic rings. The predicted molar refractivity (Wildman–Crippen MR) is 88.8 cm³/mol. The minimum Gasteiger partial charge on any atom is -0.483 e. The summed E-state index contributed by atoms with van der Waals surface area (Å²) in [6.07, 6.45) is 1.68. The predicted octanol–water partition coefficient (Wildman–Crippen LogP) is 3.49. The fourth-order valence-electron chi connectivity index (χ4n) is 1.88. The first-order chi connectivity index (χ1) is 10.7. The monoisotopic (exact) mass is 296 g/mol. The molecule has 0 aromatic heterocycles. The van der Waals surface area contributed by atoms with Crippen LogP contribution in [-0.2, 0) is 4.79 Å². The van der Waals surface area contributed by atoms with Crippen molar-refractivity contribution in [3.63, 3.8) is 0 Å². The van der Waals surface area contributed by atoms with E-state index in [9.17, 15) is 4.79 Å². The van der Waals surface area contributed by atoms with Crippen LogP contribution < -0.4 is 10.2 Å². The molecular formula is C18H20N2O2. The van der Waals surface area contributed by atoms with Gasteiger partial charge < -0.3 is 4.74 Å². The standard InChI is InChI=1S/C18H20N2O2/c1-14(2)12-19-20-18(21)13-22-17-11-7-6-10-16(17)15-8-4-3-5-9-15/h3-12,14H,13H2,1-2H3,(H,20,21)/b19-12+. The lowest BCUT2D eigenvalue weighted by atomic mass is 10.1. The molecule has 0 radical (unpaired) electrons. The van der Waals surface area contributed by atoms with Crippen molar-refractivity contribution in [2.24, 2.45) is 11.0 Å². The molecule has 0 saturated heterocycles. The van der Waals surface area contributed by atoms with Gasteiger partial charge in [0.2, 0.25) is 0 Å². The van der Waals surface area contributed by atoms with Crippen LogP contribution >= 0.6 is 0 Å². The van der Waals surface area contributed by atoms with E-state index in [4.69, 9.17) is 4.74 Å². The van der Waals surface area contributed by atoms with E-state index in [0.717, 1.165) is 11.1 Å². The first-order valence-electron chi connectivity index (χ1n) is 7.26. The summed E-state index contributed by atoms with van der Waals surface area (Å²) >= 11 is 0. The number of carbonyl (C=O) groups is 1. The fraction of sp³-hybridized carbons (Fsp3) is 0.222. The lowest BCUT2D eigenvalue weighted by Crippen LogP contribution is -2.25. The Balaban J connectivity index is 2.01. The summed E-state index contributed by atoms with van der Waals surface area (Å²) in [6, 6.07) is 17.6. The van der Waals surface area contributed by atoms with Gasteiger partial charge in [-0.3, -0.25) is 4.79 Å². The molecule has 0 aliphatic carbocycles. The molecule has 0 unspecified atom stereocenters. The Morgan fingerprint density at radius 1 is 1.14 bits per heavy atom. The first kappa shape index (κ1) is 15.8. The number of para-hydroxylation sites is 1. The van der Waals surface area contributed by atoms with E-state index < -0.39 is 0 Å². The summed E-state index contributed by atoms with van der Waals surface area (Å²) < 4.78 is 5.62. The molecule has 4 heteroatoms. The highest BCUT2D eigenvalue weighted by atomic mass is 16.5.